The Hall–Kier alpha value is -0.263. The summed E-state index contributed by atoms with van der Waals surface area (Å²) < 4.78 is 6.28. The van der Waals surface area contributed by atoms with Gasteiger partial charge in [0.25, 0.3) is 0 Å². The zero-order chi connectivity index (χ0) is 12.0. The summed E-state index contributed by atoms with van der Waals surface area (Å²) in [6, 6.07) is 1.24. The highest BCUT2D eigenvalue weighted by Gasteiger charge is 2.31. The molecule has 16 heavy (non-hydrogen) atoms. The van der Waals surface area contributed by atoms with Gasteiger partial charge in [-0.3, -0.25) is 0 Å². The summed E-state index contributed by atoms with van der Waals surface area (Å²) in [6.45, 7) is 6.85. The fourth-order valence-corrected chi connectivity index (χ4v) is 4.80. The Morgan fingerprint density at radius 1 is 1.38 bits per heavy atom. The van der Waals surface area contributed by atoms with Crippen LogP contribution in [0.5, 0.6) is 0 Å². The second-order valence-electron chi connectivity index (χ2n) is 5.61. The number of hydrogen-bond acceptors (Lipinski definition) is 1. The largest absolute Gasteiger partial charge is 0.404 e. The first kappa shape index (κ1) is 13.8. The Labute approximate surface area is 102 Å². The molecular formula is C14H26OSi. The van der Waals surface area contributed by atoms with Gasteiger partial charge in [0.05, 0.1) is 0 Å². The van der Waals surface area contributed by atoms with E-state index >= 15 is 0 Å². The lowest BCUT2D eigenvalue weighted by Gasteiger charge is -2.29. The van der Waals surface area contributed by atoms with Crippen molar-refractivity contribution in [2.24, 2.45) is 5.92 Å². The third-order valence-corrected chi connectivity index (χ3v) is 6.02. The van der Waals surface area contributed by atoms with Crippen molar-refractivity contribution in [1.29, 1.82) is 0 Å². The molecule has 0 bridgehead atoms. The van der Waals surface area contributed by atoms with Crippen molar-refractivity contribution in [3.8, 4) is 12.3 Å². The van der Waals surface area contributed by atoms with E-state index in [1.165, 1.54) is 44.6 Å². The van der Waals surface area contributed by atoms with Gasteiger partial charge in [-0.25, -0.2) is 0 Å². The number of unbranched alkanes of at least 4 members (excludes halogenated alkanes) is 1. The standard InChI is InChI=1S/C14H26OSi/c1-5-7-12-16(3,4)15-14(6-2)13-10-8-9-11-13/h2,13-14H,5,7-12H2,1,3-4H3. The zero-order valence-corrected chi connectivity index (χ0v) is 12.1. The van der Waals surface area contributed by atoms with Crippen molar-refractivity contribution in [2.45, 2.75) is 70.7 Å². The van der Waals surface area contributed by atoms with Gasteiger partial charge < -0.3 is 4.43 Å². The maximum Gasteiger partial charge on any atom is 0.188 e. The van der Waals surface area contributed by atoms with Crippen molar-refractivity contribution >= 4 is 8.32 Å². The highest BCUT2D eigenvalue weighted by atomic mass is 28.4. The highest BCUT2D eigenvalue weighted by Crippen LogP contribution is 2.31. The van der Waals surface area contributed by atoms with Crippen molar-refractivity contribution in [3.05, 3.63) is 0 Å². The molecule has 1 atom stereocenters. The van der Waals surface area contributed by atoms with Crippen LogP contribution in [0.2, 0.25) is 19.1 Å². The van der Waals surface area contributed by atoms with Crippen LogP contribution in [-0.2, 0) is 4.43 Å². The van der Waals surface area contributed by atoms with Gasteiger partial charge in [-0.15, -0.1) is 6.42 Å². The molecule has 1 aliphatic carbocycles. The smallest absolute Gasteiger partial charge is 0.188 e. The third-order valence-electron chi connectivity index (χ3n) is 3.57. The lowest BCUT2D eigenvalue weighted by Crippen LogP contribution is -2.37. The molecule has 0 aromatic heterocycles. The SMILES string of the molecule is C#CC(O[Si](C)(C)CCCC)C1CCCC1. The summed E-state index contributed by atoms with van der Waals surface area (Å²) >= 11 is 0. The molecule has 1 nitrogen and oxygen atoms in total. The van der Waals surface area contributed by atoms with Crippen LogP contribution >= 0.6 is 0 Å². The van der Waals surface area contributed by atoms with Gasteiger partial charge in [-0.1, -0.05) is 38.5 Å². The summed E-state index contributed by atoms with van der Waals surface area (Å²) in [5, 5.41) is 0. The van der Waals surface area contributed by atoms with E-state index in [4.69, 9.17) is 10.8 Å². The molecule has 1 rings (SSSR count). The normalized spacial score (nSPS) is 19.6. The maximum atomic E-state index is 6.28. The van der Waals surface area contributed by atoms with Crippen LogP contribution < -0.4 is 0 Å². The molecule has 0 aliphatic heterocycles. The second kappa shape index (κ2) is 6.47. The molecule has 1 fully saturated rings. The molecule has 1 saturated carbocycles. The van der Waals surface area contributed by atoms with E-state index in [2.05, 4.69) is 25.9 Å². The molecular weight excluding hydrogens is 212 g/mol. The Balaban J connectivity index is 2.45. The van der Waals surface area contributed by atoms with Gasteiger partial charge in [0, 0.05) is 0 Å². The van der Waals surface area contributed by atoms with Crippen LogP contribution in [0, 0.1) is 18.3 Å². The first-order valence-electron chi connectivity index (χ1n) is 6.73. The molecule has 2 heteroatoms. The minimum atomic E-state index is -1.52. The topological polar surface area (TPSA) is 9.23 Å². The van der Waals surface area contributed by atoms with Gasteiger partial charge in [-0.2, -0.15) is 0 Å². The van der Waals surface area contributed by atoms with Gasteiger partial charge >= 0.3 is 0 Å². The average Bonchev–Trinajstić information content (AvgIpc) is 2.76. The van der Waals surface area contributed by atoms with Crippen LogP contribution in [0.3, 0.4) is 0 Å². The first-order valence-corrected chi connectivity index (χ1v) is 9.84. The van der Waals surface area contributed by atoms with E-state index < -0.39 is 8.32 Å². The molecule has 0 saturated heterocycles. The molecule has 0 amide bonds. The van der Waals surface area contributed by atoms with Gasteiger partial charge in [0.15, 0.2) is 8.32 Å². The summed E-state index contributed by atoms with van der Waals surface area (Å²) in [5.74, 6) is 3.53. The molecule has 0 spiro atoms. The fourth-order valence-electron chi connectivity index (χ4n) is 2.53. The van der Waals surface area contributed by atoms with E-state index in [-0.39, 0.29) is 6.10 Å². The minimum Gasteiger partial charge on any atom is -0.404 e. The van der Waals surface area contributed by atoms with Crippen LogP contribution in [0.1, 0.15) is 45.4 Å². The molecule has 0 aromatic rings. The number of rotatable bonds is 6. The van der Waals surface area contributed by atoms with Gasteiger partial charge in [-0.05, 0) is 37.9 Å². The lowest BCUT2D eigenvalue weighted by atomic mass is 10.0. The van der Waals surface area contributed by atoms with Gasteiger partial charge in [0.1, 0.15) is 6.10 Å². The number of terminal acetylenes is 1. The van der Waals surface area contributed by atoms with Crippen molar-refractivity contribution in [3.63, 3.8) is 0 Å². The second-order valence-corrected chi connectivity index (χ2v) is 9.87. The third kappa shape index (κ3) is 4.31. The Kier molecular flexibility index (Phi) is 5.58. The van der Waals surface area contributed by atoms with E-state index in [9.17, 15) is 0 Å². The fraction of sp³-hybridized carbons (Fsp3) is 0.857. The van der Waals surface area contributed by atoms with Crippen LogP contribution in [0.25, 0.3) is 0 Å². The van der Waals surface area contributed by atoms with Crippen molar-refractivity contribution in [1.82, 2.24) is 0 Å². The van der Waals surface area contributed by atoms with Crippen LogP contribution in [0.15, 0.2) is 0 Å². The summed E-state index contributed by atoms with van der Waals surface area (Å²) in [7, 11) is -1.52. The van der Waals surface area contributed by atoms with E-state index in [0.29, 0.717) is 5.92 Å². The average molecular weight is 238 g/mol. The van der Waals surface area contributed by atoms with Crippen molar-refractivity contribution in [2.75, 3.05) is 0 Å². The predicted molar refractivity (Wildman–Crippen MR) is 72.9 cm³/mol. The Morgan fingerprint density at radius 3 is 2.50 bits per heavy atom. The molecule has 0 heterocycles. The lowest BCUT2D eigenvalue weighted by molar-refractivity contribution is 0.179. The molecule has 92 valence electrons. The minimum absolute atomic E-state index is 0.0982. The van der Waals surface area contributed by atoms with E-state index in [0.717, 1.165) is 0 Å². The Bertz CT molecular complexity index is 236. The van der Waals surface area contributed by atoms with Crippen LogP contribution in [0.4, 0.5) is 0 Å². The zero-order valence-electron chi connectivity index (χ0n) is 11.1. The first-order chi connectivity index (χ1) is 7.59. The summed E-state index contributed by atoms with van der Waals surface area (Å²) in [4.78, 5) is 0. The molecule has 0 radical (unpaired) electrons. The molecule has 0 aromatic carbocycles. The molecule has 1 aliphatic rings. The summed E-state index contributed by atoms with van der Waals surface area (Å²) in [5.41, 5.74) is 0. The maximum absolute atomic E-state index is 6.28. The van der Waals surface area contributed by atoms with E-state index in [1.54, 1.807) is 0 Å². The van der Waals surface area contributed by atoms with Gasteiger partial charge in [0.2, 0.25) is 0 Å². The van der Waals surface area contributed by atoms with Crippen molar-refractivity contribution < 1.29 is 4.43 Å². The van der Waals surface area contributed by atoms with E-state index in [1.807, 2.05) is 0 Å². The quantitative estimate of drug-likeness (QED) is 0.498. The Morgan fingerprint density at radius 2 is 2.00 bits per heavy atom. The molecule has 1 unspecified atom stereocenters. The highest BCUT2D eigenvalue weighted by molar-refractivity contribution is 6.71. The summed E-state index contributed by atoms with van der Waals surface area (Å²) in [6.07, 6.45) is 13.5. The monoisotopic (exact) mass is 238 g/mol. The number of hydrogen-bond donors (Lipinski definition) is 0. The molecule has 0 N–H and O–H groups in total. The predicted octanol–water partition coefficient (Wildman–Crippen LogP) is 4.20. The van der Waals surface area contributed by atoms with Crippen LogP contribution in [-0.4, -0.2) is 14.4 Å².